The zero-order chi connectivity index (χ0) is 11.4. The van der Waals surface area contributed by atoms with Crippen LogP contribution < -0.4 is 0 Å². The molecule has 0 aromatic carbocycles. The largest absolute Gasteiger partial charge is 0.392 e. The summed E-state index contributed by atoms with van der Waals surface area (Å²) < 4.78 is 10.5. The second kappa shape index (κ2) is 5.65. The van der Waals surface area contributed by atoms with Crippen molar-refractivity contribution in [2.45, 2.75) is 31.1 Å². The fourth-order valence-electron chi connectivity index (χ4n) is 1.63. The first-order chi connectivity index (χ1) is 7.81. The van der Waals surface area contributed by atoms with Crippen LogP contribution >= 0.6 is 11.8 Å². The zero-order valence-corrected chi connectivity index (χ0v) is 10.1. The summed E-state index contributed by atoms with van der Waals surface area (Å²) in [5.74, 6) is 2.81. The van der Waals surface area contributed by atoms with Crippen LogP contribution in [-0.4, -0.2) is 40.3 Å². The van der Waals surface area contributed by atoms with E-state index in [9.17, 15) is 5.11 Å². The number of rotatable bonds is 4. The molecule has 2 atom stereocenters. The normalized spacial score (nSPS) is 25.9. The first kappa shape index (κ1) is 11.9. The number of aliphatic hydroxyl groups excluding tert-OH is 1. The van der Waals surface area contributed by atoms with E-state index in [2.05, 4.69) is 17.1 Å². The van der Waals surface area contributed by atoms with Crippen LogP contribution in [0.2, 0.25) is 0 Å². The first-order valence-corrected chi connectivity index (χ1v) is 6.62. The summed E-state index contributed by atoms with van der Waals surface area (Å²) in [4.78, 5) is 4.28. The summed E-state index contributed by atoms with van der Waals surface area (Å²) in [6.07, 6.45) is 0.201. The molecule has 0 bridgehead atoms. The van der Waals surface area contributed by atoms with Crippen molar-refractivity contribution >= 4 is 11.8 Å². The lowest BCUT2D eigenvalue weighted by atomic mass is 9.99. The van der Waals surface area contributed by atoms with Crippen LogP contribution in [0.4, 0.5) is 0 Å². The predicted molar refractivity (Wildman–Crippen MR) is 60.3 cm³/mol. The summed E-state index contributed by atoms with van der Waals surface area (Å²) in [6.45, 7) is 3.15. The molecule has 0 aliphatic carbocycles. The maximum atomic E-state index is 9.79. The van der Waals surface area contributed by atoms with Gasteiger partial charge in [0.15, 0.2) is 5.82 Å². The Bertz CT molecular complexity index is 332. The molecule has 6 heteroatoms. The number of thioether (sulfide) groups is 1. The Morgan fingerprint density at radius 2 is 2.44 bits per heavy atom. The number of aliphatic hydroxyl groups is 1. The standard InChI is InChI=1S/C10H16N2O3S/c1-2-16-6-9-11-10(15-12-9)7-5-14-4-3-8(7)13/h7-8,13H,2-6H2,1H3. The SMILES string of the molecule is CCSCc1noc(C2COCCC2O)n1. The van der Waals surface area contributed by atoms with Gasteiger partial charge in [-0.2, -0.15) is 16.7 Å². The molecule has 90 valence electrons. The van der Waals surface area contributed by atoms with Crippen molar-refractivity contribution in [3.05, 3.63) is 11.7 Å². The van der Waals surface area contributed by atoms with Crippen molar-refractivity contribution in [3.8, 4) is 0 Å². The molecule has 1 aliphatic rings. The lowest BCUT2D eigenvalue weighted by Gasteiger charge is -2.24. The summed E-state index contributed by atoms with van der Waals surface area (Å²) in [6, 6.07) is 0. The molecule has 1 saturated heterocycles. The van der Waals surface area contributed by atoms with Gasteiger partial charge >= 0.3 is 0 Å². The summed E-state index contributed by atoms with van der Waals surface area (Å²) in [5, 5.41) is 13.7. The van der Waals surface area contributed by atoms with E-state index in [4.69, 9.17) is 9.26 Å². The molecule has 1 aliphatic heterocycles. The van der Waals surface area contributed by atoms with Crippen LogP contribution in [0.25, 0.3) is 0 Å². The van der Waals surface area contributed by atoms with E-state index in [1.165, 1.54) is 0 Å². The summed E-state index contributed by atoms with van der Waals surface area (Å²) in [5.41, 5.74) is 0. The first-order valence-electron chi connectivity index (χ1n) is 5.47. The molecule has 2 heterocycles. The van der Waals surface area contributed by atoms with Crippen molar-refractivity contribution in [1.29, 1.82) is 0 Å². The molecule has 2 unspecified atom stereocenters. The van der Waals surface area contributed by atoms with Crippen LogP contribution in [0.15, 0.2) is 4.52 Å². The Balaban J connectivity index is 1.99. The molecular formula is C10H16N2O3S. The molecule has 16 heavy (non-hydrogen) atoms. The van der Waals surface area contributed by atoms with Crippen LogP contribution in [0.1, 0.15) is 31.0 Å². The van der Waals surface area contributed by atoms with Gasteiger partial charge in [-0.25, -0.2) is 0 Å². The summed E-state index contributed by atoms with van der Waals surface area (Å²) >= 11 is 1.74. The van der Waals surface area contributed by atoms with Crippen LogP contribution in [0.3, 0.4) is 0 Å². The molecule has 0 radical (unpaired) electrons. The fourth-order valence-corrected chi connectivity index (χ4v) is 2.14. The third-order valence-corrected chi connectivity index (χ3v) is 3.43. The van der Waals surface area contributed by atoms with Crippen LogP contribution in [0.5, 0.6) is 0 Å². The van der Waals surface area contributed by atoms with Crippen molar-refractivity contribution in [3.63, 3.8) is 0 Å². The van der Waals surface area contributed by atoms with Gasteiger partial charge in [-0.1, -0.05) is 12.1 Å². The van der Waals surface area contributed by atoms with Crippen molar-refractivity contribution in [1.82, 2.24) is 10.1 Å². The van der Waals surface area contributed by atoms with Gasteiger partial charge in [0.2, 0.25) is 5.89 Å². The van der Waals surface area contributed by atoms with E-state index in [1.807, 2.05) is 0 Å². The van der Waals surface area contributed by atoms with Gasteiger partial charge in [-0.05, 0) is 12.2 Å². The lowest BCUT2D eigenvalue weighted by Crippen LogP contribution is -2.30. The minimum absolute atomic E-state index is 0.165. The van der Waals surface area contributed by atoms with Crippen molar-refractivity contribution in [2.24, 2.45) is 0 Å². The lowest BCUT2D eigenvalue weighted by molar-refractivity contribution is -0.0149. The molecular weight excluding hydrogens is 228 g/mol. The second-order valence-electron chi connectivity index (χ2n) is 3.72. The average Bonchev–Trinajstić information content (AvgIpc) is 2.75. The topological polar surface area (TPSA) is 68.4 Å². The Kier molecular flexibility index (Phi) is 4.20. The molecule has 1 N–H and O–H groups in total. The van der Waals surface area contributed by atoms with Crippen LogP contribution in [-0.2, 0) is 10.5 Å². The third-order valence-electron chi connectivity index (χ3n) is 2.56. The molecule has 0 spiro atoms. The molecule has 1 aromatic heterocycles. The number of ether oxygens (including phenoxy) is 1. The average molecular weight is 244 g/mol. The molecule has 1 aromatic rings. The maximum absolute atomic E-state index is 9.79. The van der Waals surface area contributed by atoms with Gasteiger partial charge < -0.3 is 14.4 Å². The Labute approximate surface area is 98.6 Å². The van der Waals surface area contributed by atoms with Gasteiger partial charge in [0.05, 0.1) is 24.4 Å². The second-order valence-corrected chi connectivity index (χ2v) is 5.00. The van der Waals surface area contributed by atoms with E-state index in [-0.39, 0.29) is 5.92 Å². The molecule has 2 rings (SSSR count). The van der Waals surface area contributed by atoms with E-state index in [0.717, 1.165) is 11.5 Å². The van der Waals surface area contributed by atoms with Gasteiger partial charge in [0, 0.05) is 6.61 Å². The number of aromatic nitrogens is 2. The third kappa shape index (κ3) is 2.75. The van der Waals surface area contributed by atoms with Gasteiger partial charge in [0.25, 0.3) is 0 Å². The molecule has 0 amide bonds. The van der Waals surface area contributed by atoms with Gasteiger partial charge in [0.1, 0.15) is 0 Å². The monoisotopic (exact) mass is 244 g/mol. The van der Waals surface area contributed by atoms with Gasteiger partial charge in [-0.15, -0.1) is 0 Å². The van der Waals surface area contributed by atoms with E-state index < -0.39 is 6.10 Å². The fraction of sp³-hybridized carbons (Fsp3) is 0.800. The Morgan fingerprint density at radius 1 is 1.56 bits per heavy atom. The predicted octanol–water partition coefficient (Wildman–Crippen LogP) is 1.19. The van der Waals surface area contributed by atoms with E-state index in [1.54, 1.807) is 11.8 Å². The maximum Gasteiger partial charge on any atom is 0.234 e. The Hall–Kier alpha value is -0.590. The molecule has 5 nitrogen and oxygen atoms in total. The number of nitrogens with zero attached hydrogens (tertiary/aromatic N) is 2. The minimum atomic E-state index is -0.430. The number of hydrogen-bond donors (Lipinski definition) is 1. The Morgan fingerprint density at radius 3 is 3.19 bits per heavy atom. The van der Waals surface area contributed by atoms with Crippen LogP contribution in [0, 0.1) is 0 Å². The quantitative estimate of drug-likeness (QED) is 0.858. The van der Waals surface area contributed by atoms with E-state index >= 15 is 0 Å². The highest BCUT2D eigenvalue weighted by Crippen LogP contribution is 2.25. The smallest absolute Gasteiger partial charge is 0.234 e. The molecule has 1 fully saturated rings. The van der Waals surface area contributed by atoms with Crippen molar-refractivity contribution < 1.29 is 14.4 Å². The summed E-state index contributed by atoms with van der Waals surface area (Å²) in [7, 11) is 0. The van der Waals surface area contributed by atoms with E-state index in [0.29, 0.717) is 31.3 Å². The zero-order valence-electron chi connectivity index (χ0n) is 9.26. The number of hydrogen-bond acceptors (Lipinski definition) is 6. The van der Waals surface area contributed by atoms with Crippen molar-refractivity contribution in [2.75, 3.05) is 19.0 Å². The highest BCUT2D eigenvalue weighted by Gasteiger charge is 2.30. The van der Waals surface area contributed by atoms with Gasteiger partial charge in [-0.3, -0.25) is 0 Å². The highest BCUT2D eigenvalue weighted by molar-refractivity contribution is 7.98. The molecule has 0 saturated carbocycles. The highest BCUT2D eigenvalue weighted by atomic mass is 32.2. The minimum Gasteiger partial charge on any atom is -0.392 e.